The summed E-state index contributed by atoms with van der Waals surface area (Å²) in [5.41, 5.74) is 1.39. The molecule has 1 amide bonds. The van der Waals surface area contributed by atoms with Crippen LogP contribution < -0.4 is 4.74 Å². The Balaban J connectivity index is 1.75. The fourth-order valence-corrected chi connectivity index (χ4v) is 3.67. The summed E-state index contributed by atoms with van der Waals surface area (Å²) in [6.45, 7) is 2.46. The molecule has 0 aromatic heterocycles. The van der Waals surface area contributed by atoms with E-state index < -0.39 is 5.97 Å². The largest absolute Gasteiger partial charge is 0.508 e. The van der Waals surface area contributed by atoms with Crippen LogP contribution in [0.1, 0.15) is 18.9 Å². The number of rotatable bonds is 7. The fourth-order valence-electron chi connectivity index (χ4n) is 2.61. The van der Waals surface area contributed by atoms with Crippen LogP contribution in [0.15, 0.2) is 58.4 Å². The minimum Gasteiger partial charge on any atom is -0.508 e. The zero-order valence-electron chi connectivity index (χ0n) is 15.7. The molecule has 150 valence electrons. The van der Waals surface area contributed by atoms with E-state index in [1.807, 2.05) is 6.92 Å². The molecule has 1 heterocycles. The molecule has 8 heteroatoms. The highest BCUT2D eigenvalue weighted by Crippen LogP contribution is 2.34. The van der Waals surface area contributed by atoms with Gasteiger partial charge in [0.1, 0.15) is 11.5 Å². The Morgan fingerprint density at radius 2 is 2.00 bits per heavy atom. The Kier molecular flexibility index (Phi) is 6.56. The lowest BCUT2D eigenvalue weighted by Crippen LogP contribution is -2.28. The number of benzene rings is 2. The summed E-state index contributed by atoms with van der Waals surface area (Å²) < 4.78 is 5.37. The van der Waals surface area contributed by atoms with Crippen molar-refractivity contribution in [2.45, 2.75) is 13.3 Å². The van der Waals surface area contributed by atoms with Gasteiger partial charge in [0.2, 0.25) is 0 Å². The Bertz CT molecular complexity index is 969. The lowest BCUT2D eigenvalue weighted by molar-refractivity contribution is -0.137. The Hall–Kier alpha value is -3.26. The number of nitrogens with zero attached hydrogens (tertiary/aromatic N) is 2. The fraction of sp³-hybridized carbons (Fsp3) is 0.190. The molecule has 1 aliphatic heterocycles. The van der Waals surface area contributed by atoms with E-state index in [1.165, 1.54) is 17.8 Å². The van der Waals surface area contributed by atoms with E-state index >= 15 is 0 Å². The molecule has 2 aromatic carbocycles. The third-order valence-corrected chi connectivity index (χ3v) is 5.03. The normalized spacial score (nSPS) is 16.6. The van der Waals surface area contributed by atoms with Gasteiger partial charge in [0.15, 0.2) is 5.17 Å². The third kappa shape index (κ3) is 5.39. The molecule has 1 aliphatic rings. The lowest BCUT2D eigenvalue weighted by Gasteiger charge is -2.12. The van der Waals surface area contributed by atoms with Gasteiger partial charge in [-0.05, 0) is 54.6 Å². The summed E-state index contributed by atoms with van der Waals surface area (Å²) in [7, 11) is 0. The number of amides is 1. The van der Waals surface area contributed by atoms with Crippen molar-refractivity contribution in [1.29, 1.82) is 0 Å². The topological polar surface area (TPSA) is 99.4 Å². The number of hydrogen-bond donors (Lipinski definition) is 2. The van der Waals surface area contributed by atoms with Crippen molar-refractivity contribution in [1.82, 2.24) is 4.90 Å². The first-order chi connectivity index (χ1) is 14.0. The van der Waals surface area contributed by atoms with Crippen LogP contribution in [0, 0.1) is 0 Å². The molecular weight excluding hydrogens is 392 g/mol. The average Bonchev–Trinajstić information content (AvgIpc) is 2.97. The van der Waals surface area contributed by atoms with Crippen LogP contribution >= 0.6 is 11.8 Å². The molecule has 0 atom stereocenters. The predicted octanol–water partition coefficient (Wildman–Crippen LogP) is 3.87. The molecule has 3 rings (SSSR count). The molecule has 0 saturated carbocycles. The Morgan fingerprint density at radius 1 is 1.24 bits per heavy atom. The minimum absolute atomic E-state index is 0.0644. The Morgan fingerprint density at radius 3 is 2.66 bits per heavy atom. The molecule has 1 saturated heterocycles. The first-order valence-electron chi connectivity index (χ1n) is 9.00. The number of carbonyl (C=O) groups excluding carboxylic acids is 1. The van der Waals surface area contributed by atoms with Crippen LogP contribution in [0.5, 0.6) is 11.5 Å². The van der Waals surface area contributed by atoms with Crippen molar-refractivity contribution in [3.63, 3.8) is 0 Å². The van der Waals surface area contributed by atoms with Crippen molar-refractivity contribution >= 4 is 40.6 Å². The first-order valence-corrected chi connectivity index (χ1v) is 9.81. The van der Waals surface area contributed by atoms with Gasteiger partial charge in [0.05, 0.1) is 23.6 Å². The summed E-state index contributed by atoms with van der Waals surface area (Å²) in [6, 6.07) is 13.6. The van der Waals surface area contributed by atoms with Crippen LogP contribution in [0.3, 0.4) is 0 Å². The molecule has 7 nitrogen and oxygen atoms in total. The van der Waals surface area contributed by atoms with Crippen molar-refractivity contribution in [3.05, 3.63) is 59.0 Å². The second-order valence-electron chi connectivity index (χ2n) is 6.14. The number of carboxylic acids is 1. The number of phenols is 1. The number of thioether (sulfide) groups is 1. The van der Waals surface area contributed by atoms with Crippen LogP contribution in [-0.2, 0) is 9.59 Å². The maximum atomic E-state index is 12.7. The number of ether oxygens (including phenoxy) is 1. The number of hydrogen-bond acceptors (Lipinski definition) is 6. The average molecular weight is 412 g/mol. The zero-order valence-corrected chi connectivity index (χ0v) is 16.6. The molecule has 0 unspecified atom stereocenters. The highest BCUT2D eigenvalue weighted by atomic mass is 32.2. The molecule has 0 spiro atoms. The van der Waals surface area contributed by atoms with Gasteiger partial charge in [-0.25, -0.2) is 4.99 Å². The minimum atomic E-state index is -0.910. The number of phenolic OH excluding ortho intramolecular Hbond substituents is 1. The van der Waals surface area contributed by atoms with Crippen LogP contribution in [0.2, 0.25) is 0 Å². The molecule has 0 radical (unpaired) electrons. The zero-order chi connectivity index (χ0) is 20.8. The third-order valence-electron chi connectivity index (χ3n) is 4.02. The van der Waals surface area contributed by atoms with E-state index in [9.17, 15) is 14.7 Å². The molecule has 2 N–H and O–H groups in total. The molecule has 0 aliphatic carbocycles. The number of likely N-dealkylation sites (N-methyl/N-ethyl adjacent to an activating group) is 1. The van der Waals surface area contributed by atoms with Gasteiger partial charge >= 0.3 is 5.97 Å². The molecule has 0 bridgehead atoms. The number of aliphatic carboxylic acids is 1. The summed E-state index contributed by atoms with van der Waals surface area (Å²) in [4.78, 5) is 29.9. The van der Waals surface area contributed by atoms with Gasteiger partial charge in [-0.3, -0.25) is 14.5 Å². The van der Waals surface area contributed by atoms with Crippen LogP contribution in [-0.4, -0.2) is 45.3 Å². The SMILES string of the molecule is CCN1C(=O)/C(=C/c2ccc(OCCC(=O)O)cc2)SC1=Nc1cccc(O)c1. The van der Waals surface area contributed by atoms with Crippen molar-refractivity contribution in [2.24, 2.45) is 4.99 Å². The maximum absolute atomic E-state index is 12.7. The van der Waals surface area contributed by atoms with E-state index in [4.69, 9.17) is 9.84 Å². The molecule has 1 fully saturated rings. The predicted molar refractivity (Wildman–Crippen MR) is 112 cm³/mol. The van der Waals surface area contributed by atoms with Crippen molar-refractivity contribution in [3.8, 4) is 11.5 Å². The van der Waals surface area contributed by atoms with Crippen LogP contribution in [0.4, 0.5) is 5.69 Å². The van der Waals surface area contributed by atoms with E-state index in [2.05, 4.69) is 4.99 Å². The smallest absolute Gasteiger partial charge is 0.306 e. The number of carbonyl (C=O) groups is 2. The van der Waals surface area contributed by atoms with Gasteiger partial charge in [0, 0.05) is 12.6 Å². The first kappa shape index (κ1) is 20.5. The van der Waals surface area contributed by atoms with E-state index in [1.54, 1.807) is 53.4 Å². The van der Waals surface area contributed by atoms with E-state index in [0.29, 0.717) is 28.1 Å². The van der Waals surface area contributed by atoms with Gasteiger partial charge in [-0.15, -0.1) is 0 Å². The van der Waals surface area contributed by atoms with Gasteiger partial charge < -0.3 is 14.9 Å². The maximum Gasteiger partial charge on any atom is 0.306 e. The van der Waals surface area contributed by atoms with Crippen molar-refractivity contribution in [2.75, 3.05) is 13.2 Å². The summed E-state index contributed by atoms with van der Waals surface area (Å²) in [6.07, 6.45) is 1.72. The second-order valence-corrected chi connectivity index (χ2v) is 7.14. The van der Waals surface area contributed by atoms with Gasteiger partial charge in [0.25, 0.3) is 5.91 Å². The number of carboxylic acid groups (broad SMARTS) is 1. The molecule has 29 heavy (non-hydrogen) atoms. The summed E-state index contributed by atoms with van der Waals surface area (Å²) in [5.74, 6) is -0.351. The standard InChI is InChI=1S/C21H20N2O5S/c1-2-23-20(27)18(29-21(23)22-15-4-3-5-16(24)13-15)12-14-6-8-17(9-7-14)28-11-10-19(25)26/h3-9,12-13,24H,2,10-11H2,1H3,(H,25,26)/b18-12-,22-21?. The molecule has 2 aromatic rings. The second kappa shape index (κ2) is 9.29. The number of aliphatic imine (C=N–C) groups is 1. The number of aromatic hydroxyl groups is 1. The van der Waals surface area contributed by atoms with Crippen molar-refractivity contribution < 1.29 is 24.5 Å². The van der Waals surface area contributed by atoms with E-state index in [-0.39, 0.29) is 24.7 Å². The van der Waals surface area contributed by atoms with E-state index in [0.717, 1.165) is 5.56 Å². The van der Waals surface area contributed by atoms with Crippen LogP contribution in [0.25, 0.3) is 6.08 Å². The highest BCUT2D eigenvalue weighted by molar-refractivity contribution is 8.18. The molecular formula is C21H20N2O5S. The summed E-state index contributed by atoms with van der Waals surface area (Å²) >= 11 is 1.28. The Labute approximate surface area is 172 Å². The highest BCUT2D eigenvalue weighted by Gasteiger charge is 2.32. The van der Waals surface area contributed by atoms with Gasteiger partial charge in [-0.1, -0.05) is 18.2 Å². The van der Waals surface area contributed by atoms with Gasteiger partial charge in [-0.2, -0.15) is 0 Å². The summed E-state index contributed by atoms with van der Waals surface area (Å²) in [5, 5.41) is 18.8. The number of amidine groups is 1. The lowest BCUT2D eigenvalue weighted by atomic mass is 10.2. The quantitative estimate of drug-likeness (QED) is 0.670. The monoisotopic (exact) mass is 412 g/mol.